The van der Waals surface area contributed by atoms with E-state index in [4.69, 9.17) is 0 Å². The molecule has 0 aliphatic carbocycles. The molecule has 0 radical (unpaired) electrons. The van der Waals surface area contributed by atoms with E-state index < -0.39 is 0 Å². The van der Waals surface area contributed by atoms with Crippen LogP contribution in [0, 0.1) is 12.8 Å². The van der Waals surface area contributed by atoms with E-state index in [2.05, 4.69) is 33.8 Å². The number of hydrogen-bond acceptors (Lipinski definition) is 3. The first-order valence-corrected chi connectivity index (χ1v) is 6.30. The highest BCUT2D eigenvalue weighted by Crippen LogP contribution is 2.11. The van der Waals surface area contributed by atoms with Gasteiger partial charge in [-0.25, -0.2) is 4.98 Å². The van der Waals surface area contributed by atoms with Crippen molar-refractivity contribution in [2.75, 3.05) is 5.32 Å². The van der Waals surface area contributed by atoms with Crippen LogP contribution in [0.1, 0.15) is 25.1 Å². The summed E-state index contributed by atoms with van der Waals surface area (Å²) in [7, 11) is 1.94. The van der Waals surface area contributed by atoms with Gasteiger partial charge in [-0.1, -0.05) is 13.8 Å². The van der Waals surface area contributed by atoms with Gasteiger partial charge in [0, 0.05) is 44.3 Å². The molecular formula is C13H21N5. The van der Waals surface area contributed by atoms with Crippen molar-refractivity contribution >= 4 is 5.95 Å². The summed E-state index contributed by atoms with van der Waals surface area (Å²) in [6.45, 7) is 8.17. The SMILES string of the molecule is Cc1nn(C)cc1CNc1nccn1CC(C)C. The third-order valence-corrected chi connectivity index (χ3v) is 2.83. The van der Waals surface area contributed by atoms with Gasteiger partial charge in [0.1, 0.15) is 0 Å². The fourth-order valence-electron chi connectivity index (χ4n) is 2.01. The molecule has 5 nitrogen and oxygen atoms in total. The molecule has 0 saturated heterocycles. The molecule has 2 rings (SSSR count). The Morgan fingerprint density at radius 2 is 2.17 bits per heavy atom. The fourth-order valence-corrected chi connectivity index (χ4v) is 2.01. The number of anilines is 1. The Morgan fingerprint density at radius 3 is 2.78 bits per heavy atom. The summed E-state index contributed by atoms with van der Waals surface area (Å²) < 4.78 is 3.99. The van der Waals surface area contributed by atoms with Gasteiger partial charge in [0.15, 0.2) is 0 Å². The van der Waals surface area contributed by atoms with Gasteiger partial charge in [-0.2, -0.15) is 5.10 Å². The second-order valence-electron chi connectivity index (χ2n) is 5.06. The van der Waals surface area contributed by atoms with E-state index >= 15 is 0 Å². The van der Waals surface area contributed by atoms with Crippen LogP contribution in [0.5, 0.6) is 0 Å². The van der Waals surface area contributed by atoms with Crippen molar-refractivity contribution in [3.05, 3.63) is 29.8 Å². The normalized spacial score (nSPS) is 11.2. The van der Waals surface area contributed by atoms with Crippen LogP contribution in [0.4, 0.5) is 5.95 Å². The molecule has 2 aromatic heterocycles. The Labute approximate surface area is 108 Å². The van der Waals surface area contributed by atoms with Crippen molar-refractivity contribution in [3.63, 3.8) is 0 Å². The topological polar surface area (TPSA) is 47.7 Å². The maximum atomic E-state index is 4.35. The molecule has 0 spiro atoms. The number of nitrogens with zero attached hydrogens (tertiary/aromatic N) is 4. The number of rotatable bonds is 5. The summed E-state index contributed by atoms with van der Waals surface area (Å²) in [5.74, 6) is 1.53. The fraction of sp³-hybridized carbons (Fsp3) is 0.538. The van der Waals surface area contributed by atoms with Crippen LogP contribution < -0.4 is 5.32 Å². The van der Waals surface area contributed by atoms with Crippen LogP contribution in [0.3, 0.4) is 0 Å². The predicted octanol–water partition coefficient (Wildman–Crippen LogP) is 2.19. The Hall–Kier alpha value is -1.78. The number of aromatic nitrogens is 4. The van der Waals surface area contributed by atoms with Gasteiger partial charge in [-0.3, -0.25) is 4.68 Å². The average Bonchev–Trinajstić information content (AvgIpc) is 2.82. The van der Waals surface area contributed by atoms with Gasteiger partial charge in [0.05, 0.1) is 5.69 Å². The zero-order valence-corrected chi connectivity index (χ0v) is 11.5. The maximum absolute atomic E-state index is 4.35. The summed E-state index contributed by atoms with van der Waals surface area (Å²) in [6, 6.07) is 0. The van der Waals surface area contributed by atoms with Crippen molar-refractivity contribution in [3.8, 4) is 0 Å². The highest BCUT2D eigenvalue weighted by Gasteiger charge is 2.06. The van der Waals surface area contributed by atoms with Crippen LogP contribution in [-0.4, -0.2) is 19.3 Å². The molecule has 0 unspecified atom stereocenters. The van der Waals surface area contributed by atoms with E-state index in [1.807, 2.05) is 37.2 Å². The third kappa shape index (κ3) is 2.91. The second kappa shape index (κ2) is 5.25. The predicted molar refractivity (Wildman–Crippen MR) is 72.3 cm³/mol. The van der Waals surface area contributed by atoms with Crippen LogP contribution in [0.15, 0.2) is 18.6 Å². The second-order valence-corrected chi connectivity index (χ2v) is 5.06. The Bertz CT molecular complexity index is 509. The zero-order chi connectivity index (χ0) is 13.1. The van der Waals surface area contributed by atoms with E-state index in [0.717, 1.165) is 24.7 Å². The molecule has 0 fully saturated rings. The zero-order valence-electron chi connectivity index (χ0n) is 11.5. The summed E-state index contributed by atoms with van der Waals surface area (Å²) >= 11 is 0. The minimum Gasteiger partial charge on any atom is -0.351 e. The molecule has 0 bridgehead atoms. The summed E-state index contributed by atoms with van der Waals surface area (Å²) in [5.41, 5.74) is 2.27. The average molecular weight is 247 g/mol. The molecule has 0 amide bonds. The lowest BCUT2D eigenvalue weighted by Crippen LogP contribution is -2.10. The van der Waals surface area contributed by atoms with Crippen molar-refractivity contribution < 1.29 is 0 Å². The Kier molecular flexibility index (Phi) is 3.69. The van der Waals surface area contributed by atoms with Crippen LogP contribution in [0.2, 0.25) is 0 Å². The van der Waals surface area contributed by atoms with Crippen LogP contribution in [0.25, 0.3) is 0 Å². The Morgan fingerprint density at radius 1 is 1.39 bits per heavy atom. The van der Waals surface area contributed by atoms with Gasteiger partial charge in [-0.05, 0) is 12.8 Å². The smallest absolute Gasteiger partial charge is 0.203 e. The van der Waals surface area contributed by atoms with Crippen LogP contribution in [-0.2, 0) is 20.1 Å². The molecule has 0 atom stereocenters. The maximum Gasteiger partial charge on any atom is 0.203 e. The summed E-state index contributed by atoms with van der Waals surface area (Å²) in [6.07, 6.45) is 5.89. The van der Waals surface area contributed by atoms with Gasteiger partial charge in [-0.15, -0.1) is 0 Å². The number of hydrogen-bond donors (Lipinski definition) is 1. The first kappa shape index (κ1) is 12.7. The molecule has 0 aromatic carbocycles. The molecule has 2 heterocycles. The molecule has 0 aliphatic rings. The lowest BCUT2D eigenvalue weighted by atomic mass is 10.2. The van der Waals surface area contributed by atoms with E-state index in [-0.39, 0.29) is 0 Å². The molecule has 1 N–H and O–H groups in total. The third-order valence-electron chi connectivity index (χ3n) is 2.83. The van der Waals surface area contributed by atoms with Gasteiger partial charge in [0.25, 0.3) is 0 Å². The molecule has 2 aromatic rings. The number of aryl methyl sites for hydroxylation is 2. The number of nitrogens with one attached hydrogen (secondary N) is 1. The minimum absolute atomic E-state index is 0.611. The van der Waals surface area contributed by atoms with Crippen LogP contribution >= 0.6 is 0 Å². The van der Waals surface area contributed by atoms with Crippen molar-refractivity contribution in [1.29, 1.82) is 0 Å². The van der Waals surface area contributed by atoms with Crippen molar-refractivity contribution in [2.45, 2.75) is 33.9 Å². The molecule has 5 heteroatoms. The minimum atomic E-state index is 0.611. The van der Waals surface area contributed by atoms with Gasteiger partial charge >= 0.3 is 0 Å². The van der Waals surface area contributed by atoms with Gasteiger partial charge < -0.3 is 9.88 Å². The molecule has 18 heavy (non-hydrogen) atoms. The molecule has 0 aliphatic heterocycles. The van der Waals surface area contributed by atoms with E-state index in [0.29, 0.717) is 5.92 Å². The molecular weight excluding hydrogens is 226 g/mol. The molecule has 0 saturated carbocycles. The highest BCUT2D eigenvalue weighted by atomic mass is 15.3. The highest BCUT2D eigenvalue weighted by molar-refractivity contribution is 5.29. The van der Waals surface area contributed by atoms with Crippen molar-refractivity contribution in [2.24, 2.45) is 13.0 Å². The van der Waals surface area contributed by atoms with Gasteiger partial charge in [0.2, 0.25) is 5.95 Å². The van der Waals surface area contributed by atoms with E-state index in [9.17, 15) is 0 Å². The molecule has 98 valence electrons. The lowest BCUT2D eigenvalue weighted by molar-refractivity contribution is 0.526. The van der Waals surface area contributed by atoms with E-state index in [1.165, 1.54) is 5.56 Å². The van der Waals surface area contributed by atoms with Crippen molar-refractivity contribution in [1.82, 2.24) is 19.3 Å². The van der Waals surface area contributed by atoms with E-state index in [1.54, 1.807) is 0 Å². The first-order valence-electron chi connectivity index (χ1n) is 6.30. The number of imidazole rings is 1. The standard InChI is InChI=1S/C13H21N5/c1-10(2)8-18-6-5-14-13(18)15-7-12-9-17(4)16-11(12)3/h5-6,9-10H,7-8H2,1-4H3,(H,14,15). The Balaban J connectivity index is 2.02. The first-order chi connectivity index (χ1) is 8.56. The summed E-state index contributed by atoms with van der Waals surface area (Å²) in [5, 5.41) is 7.70. The quantitative estimate of drug-likeness (QED) is 0.881. The monoisotopic (exact) mass is 247 g/mol. The largest absolute Gasteiger partial charge is 0.351 e. The summed E-state index contributed by atoms with van der Waals surface area (Å²) in [4.78, 5) is 4.35. The lowest BCUT2D eigenvalue weighted by Gasteiger charge is -2.11.